The highest BCUT2D eigenvalue weighted by Crippen LogP contribution is 2.19. The summed E-state index contributed by atoms with van der Waals surface area (Å²) in [5.74, 6) is 0.211. The predicted octanol–water partition coefficient (Wildman–Crippen LogP) is 2.33. The second-order valence-electron chi connectivity index (χ2n) is 7.30. The van der Waals surface area contributed by atoms with Crippen LogP contribution in [0.4, 0.5) is 11.4 Å². The Balaban J connectivity index is 1.71. The zero-order valence-corrected chi connectivity index (χ0v) is 16.5. The van der Waals surface area contributed by atoms with Crippen LogP contribution in [0.15, 0.2) is 36.7 Å². The van der Waals surface area contributed by atoms with Gasteiger partial charge in [0.2, 0.25) is 23.5 Å². The van der Waals surface area contributed by atoms with E-state index in [9.17, 15) is 9.59 Å². The number of carbonyl (C=O) groups excluding carboxylic acids is 2. The van der Waals surface area contributed by atoms with Crippen LogP contribution in [0.3, 0.4) is 0 Å². The molecule has 3 rings (SSSR count). The molecule has 0 aromatic carbocycles. The van der Waals surface area contributed by atoms with Crippen LogP contribution in [0.2, 0.25) is 0 Å². The van der Waals surface area contributed by atoms with Gasteiger partial charge in [0.05, 0.1) is 23.8 Å². The van der Waals surface area contributed by atoms with Gasteiger partial charge < -0.3 is 10.6 Å². The Hall–Kier alpha value is -3.82. The molecule has 0 saturated carbocycles. The number of nitrogens with zero attached hydrogens (tertiary/aromatic N) is 6. The maximum absolute atomic E-state index is 12.0. The van der Waals surface area contributed by atoms with Gasteiger partial charge in [-0.1, -0.05) is 20.8 Å². The van der Waals surface area contributed by atoms with Gasteiger partial charge in [0.25, 0.3) is 0 Å². The molecule has 0 atom stereocenters. The number of nitrogens with one attached hydrogen (secondary N) is 2. The van der Waals surface area contributed by atoms with E-state index in [4.69, 9.17) is 0 Å². The molecule has 148 valence electrons. The third-order valence-corrected chi connectivity index (χ3v) is 3.72. The molecule has 0 saturated heterocycles. The molecule has 0 fully saturated rings. The van der Waals surface area contributed by atoms with E-state index in [-0.39, 0.29) is 23.5 Å². The molecule has 10 heteroatoms. The van der Waals surface area contributed by atoms with Crippen molar-refractivity contribution >= 4 is 23.2 Å². The lowest BCUT2D eigenvalue weighted by atomic mass is 9.95. The van der Waals surface area contributed by atoms with Gasteiger partial charge in [-0.05, 0) is 24.3 Å². The fourth-order valence-electron chi connectivity index (χ4n) is 2.16. The predicted molar refractivity (Wildman–Crippen MR) is 106 cm³/mol. The number of hydrogen-bond acceptors (Lipinski definition) is 8. The molecular weight excluding hydrogens is 372 g/mol. The fourth-order valence-corrected chi connectivity index (χ4v) is 2.16. The first-order chi connectivity index (χ1) is 13.7. The summed E-state index contributed by atoms with van der Waals surface area (Å²) in [4.78, 5) is 31.5. The third-order valence-electron chi connectivity index (χ3n) is 3.72. The SMILES string of the molecule is CC(=O)Nc1ccc(-c2nnc(-c3ccc(NC(=O)C(C)(C)C)cn3)nn2)nc1. The zero-order valence-electron chi connectivity index (χ0n) is 16.5. The van der Waals surface area contributed by atoms with Crippen molar-refractivity contribution in [3.8, 4) is 23.0 Å². The van der Waals surface area contributed by atoms with Crippen molar-refractivity contribution in [2.24, 2.45) is 5.41 Å². The molecular formula is C19H20N8O2. The van der Waals surface area contributed by atoms with Crippen LogP contribution in [0.1, 0.15) is 27.7 Å². The van der Waals surface area contributed by atoms with Crippen molar-refractivity contribution in [3.63, 3.8) is 0 Å². The molecule has 0 unspecified atom stereocenters. The molecule has 29 heavy (non-hydrogen) atoms. The molecule has 3 heterocycles. The van der Waals surface area contributed by atoms with Crippen molar-refractivity contribution in [3.05, 3.63) is 36.7 Å². The normalized spacial score (nSPS) is 11.0. The molecule has 0 aliphatic rings. The summed E-state index contributed by atoms with van der Waals surface area (Å²) >= 11 is 0. The summed E-state index contributed by atoms with van der Waals surface area (Å²) in [5.41, 5.74) is 1.59. The van der Waals surface area contributed by atoms with E-state index in [0.29, 0.717) is 22.8 Å². The van der Waals surface area contributed by atoms with Gasteiger partial charge in [-0.3, -0.25) is 19.6 Å². The van der Waals surface area contributed by atoms with Crippen LogP contribution in [0.5, 0.6) is 0 Å². The Kier molecular flexibility index (Phi) is 5.53. The number of hydrogen-bond donors (Lipinski definition) is 2. The van der Waals surface area contributed by atoms with E-state index in [1.807, 2.05) is 20.8 Å². The number of anilines is 2. The monoisotopic (exact) mass is 392 g/mol. The van der Waals surface area contributed by atoms with Crippen LogP contribution in [0, 0.1) is 5.41 Å². The van der Waals surface area contributed by atoms with E-state index < -0.39 is 5.41 Å². The summed E-state index contributed by atoms with van der Waals surface area (Å²) in [6, 6.07) is 6.74. The zero-order chi connectivity index (χ0) is 21.0. The van der Waals surface area contributed by atoms with Crippen molar-refractivity contribution in [1.29, 1.82) is 0 Å². The lowest BCUT2D eigenvalue weighted by Crippen LogP contribution is -2.27. The van der Waals surface area contributed by atoms with E-state index in [1.165, 1.54) is 19.3 Å². The minimum atomic E-state index is -0.500. The maximum atomic E-state index is 12.0. The fraction of sp³-hybridized carbons (Fsp3) is 0.263. The maximum Gasteiger partial charge on any atom is 0.229 e. The molecule has 0 radical (unpaired) electrons. The van der Waals surface area contributed by atoms with Crippen LogP contribution in [-0.4, -0.2) is 42.2 Å². The van der Waals surface area contributed by atoms with Gasteiger partial charge in [-0.25, -0.2) is 0 Å². The highest BCUT2D eigenvalue weighted by molar-refractivity contribution is 5.94. The Labute approximate surface area is 167 Å². The molecule has 2 amide bonds. The average Bonchev–Trinajstić information content (AvgIpc) is 2.68. The van der Waals surface area contributed by atoms with Crippen molar-refractivity contribution < 1.29 is 9.59 Å². The smallest absolute Gasteiger partial charge is 0.229 e. The molecule has 10 nitrogen and oxygen atoms in total. The summed E-state index contributed by atoms with van der Waals surface area (Å²) in [6.45, 7) is 6.92. The number of aromatic nitrogens is 6. The number of carbonyl (C=O) groups is 2. The first-order valence-electron chi connectivity index (χ1n) is 8.82. The second-order valence-corrected chi connectivity index (χ2v) is 7.30. The first kappa shape index (κ1) is 19.9. The third kappa shape index (κ3) is 5.12. The van der Waals surface area contributed by atoms with Crippen molar-refractivity contribution in [2.45, 2.75) is 27.7 Å². The lowest BCUT2D eigenvalue weighted by molar-refractivity contribution is -0.123. The van der Waals surface area contributed by atoms with Gasteiger partial charge >= 0.3 is 0 Å². The Morgan fingerprint density at radius 1 is 0.759 bits per heavy atom. The van der Waals surface area contributed by atoms with E-state index in [1.54, 1.807) is 24.3 Å². The lowest BCUT2D eigenvalue weighted by Gasteiger charge is -2.17. The second kappa shape index (κ2) is 8.05. The molecule has 0 bridgehead atoms. The van der Waals surface area contributed by atoms with Gasteiger partial charge in [-0.2, -0.15) is 0 Å². The van der Waals surface area contributed by atoms with Crippen molar-refractivity contribution in [2.75, 3.05) is 10.6 Å². The largest absolute Gasteiger partial charge is 0.325 e. The number of rotatable bonds is 4. The minimum absolute atomic E-state index is 0.104. The summed E-state index contributed by atoms with van der Waals surface area (Å²) in [5, 5.41) is 21.6. The van der Waals surface area contributed by atoms with E-state index >= 15 is 0 Å². The van der Waals surface area contributed by atoms with Gasteiger partial charge in [0, 0.05) is 12.3 Å². The average molecular weight is 392 g/mol. The van der Waals surface area contributed by atoms with Crippen LogP contribution in [0.25, 0.3) is 23.0 Å². The summed E-state index contributed by atoms with van der Waals surface area (Å²) in [6.07, 6.45) is 3.03. The van der Waals surface area contributed by atoms with Gasteiger partial charge in [0.1, 0.15) is 11.4 Å². The van der Waals surface area contributed by atoms with Crippen LogP contribution >= 0.6 is 0 Å². The van der Waals surface area contributed by atoms with Crippen molar-refractivity contribution in [1.82, 2.24) is 30.4 Å². The van der Waals surface area contributed by atoms with Crippen LogP contribution in [-0.2, 0) is 9.59 Å². The van der Waals surface area contributed by atoms with Crippen LogP contribution < -0.4 is 10.6 Å². The molecule has 2 N–H and O–H groups in total. The molecule has 3 aromatic heterocycles. The quantitative estimate of drug-likeness (QED) is 0.690. The highest BCUT2D eigenvalue weighted by atomic mass is 16.2. The minimum Gasteiger partial charge on any atom is -0.325 e. The van der Waals surface area contributed by atoms with Gasteiger partial charge in [-0.15, -0.1) is 20.4 Å². The topological polar surface area (TPSA) is 136 Å². The first-order valence-corrected chi connectivity index (χ1v) is 8.82. The Bertz CT molecular complexity index is 1010. The number of amides is 2. The van der Waals surface area contributed by atoms with Gasteiger partial charge in [0.15, 0.2) is 0 Å². The molecule has 0 spiro atoms. The molecule has 0 aliphatic heterocycles. The summed E-state index contributed by atoms with van der Waals surface area (Å²) < 4.78 is 0. The molecule has 3 aromatic rings. The Morgan fingerprint density at radius 2 is 1.21 bits per heavy atom. The van der Waals surface area contributed by atoms with E-state index in [0.717, 1.165) is 0 Å². The standard InChI is InChI=1S/C19H20N8O2/c1-11(28)22-12-5-7-14(20-9-12)16-24-26-17(27-25-16)15-8-6-13(10-21-15)23-18(29)19(2,3)4/h5-10H,1-4H3,(H,22,28)(H,23,29). The van der Waals surface area contributed by atoms with E-state index in [2.05, 4.69) is 41.0 Å². The molecule has 0 aliphatic carbocycles. The number of pyridine rings is 2. The highest BCUT2D eigenvalue weighted by Gasteiger charge is 2.21. The Morgan fingerprint density at radius 3 is 1.55 bits per heavy atom. The summed E-state index contributed by atoms with van der Waals surface area (Å²) in [7, 11) is 0.